The number of amides is 1. The van der Waals surface area contributed by atoms with Gasteiger partial charge < -0.3 is 15.4 Å². The molecule has 1 aliphatic carbocycles. The molecule has 0 aromatic rings. The van der Waals surface area contributed by atoms with Gasteiger partial charge in [-0.1, -0.05) is 5.92 Å². The third-order valence-corrected chi connectivity index (χ3v) is 2.68. The van der Waals surface area contributed by atoms with E-state index in [1.165, 1.54) is 0 Å². The van der Waals surface area contributed by atoms with E-state index in [9.17, 15) is 4.79 Å². The fourth-order valence-corrected chi connectivity index (χ4v) is 2.03. The fourth-order valence-electron chi connectivity index (χ4n) is 2.03. The van der Waals surface area contributed by atoms with Crippen LogP contribution < -0.4 is 10.6 Å². The van der Waals surface area contributed by atoms with Crippen LogP contribution >= 0.6 is 0 Å². The van der Waals surface area contributed by atoms with Gasteiger partial charge >= 0.3 is 6.09 Å². The first-order valence-electron chi connectivity index (χ1n) is 6.09. The molecule has 0 aromatic heterocycles. The number of carbonyl (C=O) groups is 1. The second-order valence-electron chi connectivity index (χ2n) is 5.38. The second-order valence-corrected chi connectivity index (χ2v) is 5.38. The predicted molar refractivity (Wildman–Crippen MR) is 67.6 cm³/mol. The maximum absolute atomic E-state index is 11.6. The number of hydrogen-bond donors (Lipinski definition) is 2. The van der Waals surface area contributed by atoms with Gasteiger partial charge in [0.1, 0.15) is 5.60 Å². The number of hydrogen-bond acceptors (Lipinski definition) is 3. The van der Waals surface area contributed by atoms with Gasteiger partial charge in [-0.15, -0.1) is 6.42 Å². The summed E-state index contributed by atoms with van der Waals surface area (Å²) >= 11 is 0. The highest BCUT2D eigenvalue weighted by Crippen LogP contribution is 2.19. The molecular formula is C13H22N2O2. The number of terminal acetylenes is 1. The van der Waals surface area contributed by atoms with Crippen LogP contribution in [0, 0.1) is 12.3 Å². The van der Waals surface area contributed by atoms with Crippen LogP contribution in [-0.4, -0.2) is 30.3 Å². The molecule has 2 unspecified atom stereocenters. The van der Waals surface area contributed by atoms with Crippen LogP contribution in [0.4, 0.5) is 4.79 Å². The first-order chi connectivity index (χ1) is 7.92. The Balaban J connectivity index is 2.39. The zero-order chi connectivity index (χ0) is 12.9. The zero-order valence-electron chi connectivity index (χ0n) is 10.9. The number of ether oxygens (including phenoxy) is 1. The minimum atomic E-state index is -0.454. The molecule has 1 fully saturated rings. The van der Waals surface area contributed by atoms with Gasteiger partial charge in [0.2, 0.25) is 0 Å². The van der Waals surface area contributed by atoms with E-state index in [-0.39, 0.29) is 18.2 Å². The first kappa shape index (κ1) is 13.9. The molecule has 96 valence electrons. The highest BCUT2D eigenvalue weighted by molar-refractivity contribution is 5.68. The van der Waals surface area contributed by atoms with Crippen molar-refractivity contribution in [1.29, 1.82) is 0 Å². The number of nitrogens with one attached hydrogen (secondary N) is 2. The van der Waals surface area contributed by atoms with Crippen LogP contribution in [0.1, 0.15) is 40.0 Å². The second kappa shape index (κ2) is 5.92. The molecule has 1 amide bonds. The van der Waals surface area contributed by atoms with E-state index >= 15 is 0 Å². The summed E-state index contributed by atoms with van der Waals surface area (Å²) in [5.74, 6) is 2.55. The van der Waals surface area contributed by atoms with Crippen LogP contribution in [0.15, 0.2) is 0 Å². The number of alkyl carbamates (subject to hydrolysis) is 1. The molecule has 1 aliphatic rings. The Morgan fingerprint density at radius 1 is 1.41 bits per heavy atom. The monoisotopic (exact) mass is 238 g/mol. The van der Waals surface area contributed by atoms with Gasteiger partial charge in [0, 0.05) is 12.1 Å². The summed E-state index contributed by atoms with van der Waals surface area (Å²) in [6.07, 6.45) is 7.98. The molecule has 2 atom stereocenters. The Kier molecular flexibility index (Phi) is 4.83. The summed E-state index contributed by atoms with van der Waals surface area (Å²) in [7, 11) is 0. The van der Waals surface area contributed by atoms with Crippen LogP contribution in [0.3, 0.4) is 0 Å². The Bertz CT molecular complexity index is 302. The highest BCUT2D eigenvalue weighted by atomic mass is 16.6. The van der Waals surface area contributed by atoms with Crippen molar-refractivity contribution in [1.82, 2.24) is 10.6 Å². The Hall–Kier alpha value is -1.21. The molecular weight excluding hydrogens is 216 g/mol. The van der Waals surface area contributed by atoms with Gasteiger partial charge in [-0.2, -0.15) is 0 Å². The van der Waals surface area contributed by atoms with Crippen molar-refractivity contribution in [3.05, 3.63) is 0 Å². The zero-order valence-corrected chi connectivity index (χ0v) is 10.9. The van der Waals surface area contributed by atoms with Gasteiger partial charge in [-0.25, -0.2) is 4.79 Å². The van der Waals surface area contributed by atoms with E-state index in [2.05, 4.69) is 16.6 Å². The van der Waals surface area contributed by atoms with Crippen LogP contribution in [0.25, 0.3) is 0 Å². The summed E-state index contributed by atoms with van der Waals surface area (Å²) in [5, 5.41) is 6.15. The van der Waals surface area contributed by atoms with Gasteiger partial charge in [0.15, 0.2) is 0 Å². The van der Waals surface area contributed by atoms with Gasteiger partial charge in [0.25, 0.3) is 0 Å². The largest absolute Gasteiger partial charge is 0.444 e. The lowest BCUT2D eigenvalue weighted by atomic mass is 10.1. The van der Waals surface area contributed by atoms with Crippen molar-refractivity contribution < 1.29 is 9.53 Å². The average Bonchev–Trinajstić information content (AvgIpc) is 2.59. The molecule has 17 heavy (non-hydrogen) atoms. The van der Waals surface area contributed by atoms with E-state index in [1.807, 2.05) is 20.8 Å². The third-order valence-electron chi connectivity index (χ3n) is 2.68. The fraction of sp³-hybridized carbons (Fsp3) is 0.769. The van der Waals surface area contributed by atoms with Gasteiger partial charge in [-0.05, 0) is 40.0 Å². The molecule has 0 aromatic carbocycles. The van der Waals surface area contributed by atoms with E-state index in [0.29, 0.717) is 6.54 Å². The van der Waals surface area contributed by atoms with Crippen LogP contribution in [0.5, 0.6) is 0 Å². The first-order valence-corrected chi connectivity index (χ1v) is 6.09. The Morgan fingerprint density at radius 3 is 2.65 bits per heavy atom. The van der Waals surface area contributed by atoms with Crippen molar-refractivity contribution in [3.8, 4) is 12.3 Å². The SMILES string of the molecule is C#CCNC1CCCC1NC(=O)OC(C)(C)C. The lowest BCUT2D eigenvalue weighted by Gasteiger charge is -2.25. The Labute approximate surface area is 103 Å². The summed E-state index contributed by atoms with van der Waals surface area (Å²) in [6.45, 7) is 6.11. The molecule has 1 saturated carbocycles. The molecule has 2 N–H and O–H groups in total. The average molecular weight is 238 g/mol. The minimum absolute atomic E-state index is 0.123. The summed E-state index contributed by atoms with van der Waals surface area (Å²) in [5.41, 5.74) is -0.454. The predicted octanol–water partition coefficient (Wildman–Crippen LogP) is 1.65. The van der Waals surface area contributed by atoms with Crippen molar-refractivity contribution in [2.24, 2.45) is 0 Å². The van der Waals surface area contributed by atoms with Crippen molar-refractivity contribution >= 4 is 6.09 Å². The van der Waals surface area contributed by atoms with Crippen molar-refractivity contribution in [2.75, 3.05) is 6.54 Å². The maximum atomic E-state index is 11.6. The molecule has 0 heterocycles. The van der Waals surface area contributed by atoms with Crippen LogP contribution in [-0.2, 0) is 4.74 Å². The standard InChI is InChI=1S/C13H22N2O2/c1-5-9-14-10-7-6-8-11(10)15-12(16)17-13(2,3)4/h1,10-11,14H,6-9H2,2-4H3,(H,15,16). The molecule has 0 aliphatic heterocycles. The minimum Gasteiger partial charge on any atom is -0.444 e. The molecule has 0 bridgehead atoms. The molecule has 0 saturated heterocycles. The molecule has 4 nitrogen and oxygen atoms in total. The molecule has 0 spiro atoms. The lowest BCUT2D eigenvalue weighted by Crippen LogP contribution is -2.48. The molecule has 0 radical (unpaired) electrons. The Morgan fingerprint density at radius 2 is 2.06 bits per heavy atom. The van der Waals surface area contributed by atoms with Crippen molar-refractivity contribution in [2.45, 2.75) is 57.7 Å². The van der Waals surface area contributed by atoms with Crippen molar-refractivity contribution in [3.63, 3.8) is 0 Å². The van der Waals surface area contributed by atoms with Crippen LogP contribution in [0.2, 0.25) is 0 Å². The third kappa shape index (κ3) is 5.10. The lowest BCUT2D eigenvalue weighted by molar-refractivity contribution is 0.0498. The maximum Gasteiger partial charge on any atom is 0.407 e. The normalized spacial score (nSPS) is 24.1. The summed E-state index contributed by atoms with van der Waals surface area (Å²) < 4.78 is 5.23. The summed E-state index contributed by atoms with van der Waals surface area (Å²) in [4.78, 5) is 11.6. The number of carbonyl (C=O) groups excluding carboxylic acids is 1. The highest BCUT2D eigenvalue weighted by Gasteiger charge is 2.29. The van der Waals surface area contributed by atoms with E-state index < -0.39 is 5.60 Å². The van der Waals surface area contributed by atoms with E-state index in [4.69, 9.17) is 11.2 Å². The molecule has 4 heteroatoms. The van der Waals surface area contributed by atoms with E-state index in [1.54, 1.807) is 0 Å². The number of rotatable bonds is 3. The smallest absolute Gasteiger partial charge is 0.407 e. The van der Waals surface area contributed by atoms with Gasteiger partial charge in [0.05, 0.1) is 6.54 Å². The quantitative estimate of drug-likeness (QED) is 0.735. The van der Waals surface area contributed by atoms with Gasteiger partial charge in [-0.3, -0.25) is 0 Å². The topological polar surface area (TPSA) is 50.4 Å². The molecule has 1 rings (SSSR count). The summed E-state index contributed by atoms with van der Waals surface area (Å²) in [6, 6.07) is 0.386. The van der Waals surface area contributed by atoms with E-state index in [0.717, 1.165) is 19.3 Å².